The summed E-state index contributed by atoms with van der Waals surface area (Å²) in [6.45, 7) is 5.04. The van der Waals surface area contributed by atoms with Gasteiger partial charge >= 0.3 is 0 Å². The van der Waals surface area contributed by atoms with Crippen LogP contribution in [0.2, 0.25) is 5.02 Å². The number of nitrogens with one attached hydrogen (secondary N) is 2. The molecule has 1 aromatic rings. The van der Waals surface area contributed by atoms with Gasteiger partial charge in [-0.15, -0.1) is 0 Å². The van der Waals surface area contributed by atoms with Crippen molar-refractivity contribution in [1.29, 1.82) is 0 Å². The molecule has 0 unspecified atom stereocenters. The van der Waals surface area contributed by atoms with E-state index in [9.17, 15) is 9.59 Å². The Hall–Kier alpha value is -1.59. The molecule has 0 aromatic heterocycles. The Morgan fingerprint density at radius 2 is 2.00 bits per heavy atom. The SMILES string of the molecule is CC(C)[C@H](NC(=O)c1ccc(Cl)cc1)C(=O)NC[C@@H]1CCCO1. The van der Waals surface area contributed by atoms with Gasteiger partial charge < -0.3 is 15.4 Å². The first-order valence-corrected chi connectivity index (χ1v) is 8.31. The third kappa shape index (κ3) is 5.22. The minimum absolute atomic E-state index is 0.0178. The van der Waals surface area contributed by atoms with Crippen LogP contribution in [0.25, 0.3) is 0 Å². The van der Waals surface area contributed by atoms with Crippen LogP contribution in [0.3, 0.4) is 0 Å². The van der Waals surface area contributed by atoms with Crippen LogP contribution in [0.5, 0.6) is 0 Å². The standard InChI is InChI=1S/C17H23ClN2O3/c1-11(2)15(17(22)19-10-14-4-3-9-23-14)20-16(21)12-5-7-13(18)8-6-12/h5-8,11,14-15H,3-4,9-10H2,1-2H3,(H,19,22)(H,20,21)/t14-,15-/m0/s1. The number of amides is 2. The first-order valence-electron chi connectivity index (χ1n) is 7.93. The smallest absolute Gasteiger partial charge is 0.251 e. The fourth-order valence-electron chi connectivity index (χ4n) is 2.49. The van der Waals surface area contributed by atoms with Crippen LogP contribution >= 0.6 is 11.6 Å². The Kier molecular flexibility index (Phi) is 6.42. The maximum absolute atomic E-state index is 12.4. The van der Waals surface area contributed by atoms with Gasteiger partial charge in [-0.05, 0) is 43.0 Å². The van der Waals surface area contributed by atoms with E-state index in [4.69, 9.17) is 16.3 Å². The van der Waals surface area contributed by atoms with Gasteiger partial charge in [0.25, 0.3) is 5.91 Å². The number of hydrogen-bond acceptors (Lipinski definition) is 3. The van der Waals surface area contributed by atoms with E-state index >= 15 is 0 Å². The van der Waals surface area contributed by atoms with Crippen molar-refractivity contribution in [1.82, 2.24) is 10.6 Å². The van der Waals surface area contributed by atoms with Gasteiger partial charge in [-0.1, -0.05) is 25.4 Å². The lowest BCUT2D eigenvalue weighted by atomic mass is 10.0. The summed E-state index contributed by atoms with van der Waals surface area (Å²) >= 11 is 5.82. The lowest BCUT2D eigenvalue weighted by molar-refractivity contribution is -0.124. The lowest BCUT2D eigenvalue weighted by Gasteiger charge is -2.22. The Labute approximate surface area is 141 Å². The van der Waals surface area contributed by atoms with E-state index in [1.165, 1.54) is 0 Å². The zero-order valence-electron chi connectivity index (χ0n) is 13.5. The zero-order chi connectivity index (χ0) is 16.8. The third-order valence-corrected chi connectivity index (χ3v) is 4.12. The van der Waals surface area contributed by atoms with Gasteiger partial charge in [-0.3, -0.25) is 9.59 Å². The maximum Gasteiger partial charge on any atom is 0.251 e. The van der Waals surface area contributed by atoms with E-state index in [0.717, 1.165) is 19.4 Å². The summed E-state index contributed by atoms with van der Waals surface area (Å²) < 4.78 is 5.49. The van der Waals surface area contributed by atoms with Crippen molar-refractivity contribution in [2.75, 3.05) is 13.2 Å². The minimum Gasteiger partial charge on any atom is -0.376 e. The highest BCUT2D eigenvalue weighted by Crippen LogP contribution is 2.12. The summed E-state index contributed by atoms with van der Waals surface area (Å²) in [6.07, 6.45) is 2.07. The van der Waals surface area contributed by atoms with Crippen molar-refractivity contribution in [3.8, 4) is 0 Å². The highest BCUT2D eigenvalue weighted by molar-refractivity contribution is 6.30. The molecule has 0 spiro atoms. The largest absolute Gasteiger partial charge is 0.376 e. The Morgan fingerprint density at radius 3 is 2.57 bits per heavy atom. The molecular weight excluding hydrogens is 316 g/mol. The molecule has 2 amide bonds. The highest BCUT2D eigenvalue weighted by atomic mass is 35.5. The monoisotopic (exact) mass is 338 g/mol. The van der Waals surface area contributed by atoms with Gasteiger partial charge in [-0.25, -0.2) is 0 Å². The van der Waals surface area contributed by atoms with Gasteiger partial charge in [-0.2, -0.15) is 0 Å². The van der Waals surface area contributed by atoms with E-state index < -0.39 is 6.04 Å². The van der Waals surface area contributed by atoms with E-state index in [1.54, 1.807) is 24.3 Å². The first kappa shape index (κ1) is 17.8. The third-order valence-electron chi connectivity index (χ3n) is 3.87. The fraction of sp³-hybridized carbons (Fsp3) is 0.529. The molecule has 1 aromatic carbocycles. The van der Waals surface area contributed by atoms with Crippen LogP contribution < -0.4 is 10.6 Å². The number of benzene rings is 1. The molecule has 1 saturated heterocycles. The summed E-state index contributed by atoms with van der Waals surface area (Å²) in [5, 5.41) is 6.23. The average Bonchev–Trinajstić information content (AvgIpc) is 3.03. The Balaban J connectivity index is 1.92. The second-order valence-electron chi connectivity index (χ2n) is 6.08. The second kappa shape index (κ2) is 8.31. The van der Waals surface area contributed by atoms with Crippen LogP contribution in [-0.2, 0) is 9.53 Å². The maximum atomic E-state index is 12.4. The molecule has 0 aliphatic carbocycles. The van der Waals surface area contributed by atoms with E-state index in [2.05, 4.69) is 10.6 Å². The number of ether oxygens (including phenoxy) is 1. The van der Waals surface area contributed by atoms with Gasteiger partial charge in [0.05, 0.1) is 6.10 Å². The van der Waals surface area contributed by atoms with Crippen LogP contribution in [-0.4, -0.2) is 37.1 Å². The van der Waals surface area contributed by atoms with Crippen molar-refractivity contribution >= 4 is 23.4 Å². The summed E-state index contributed by atoms with van der Waals surface area (Å²) in [7, 11) is 0. The molecule has 2 rings (SSSR count). The quantitative estimate of drug-likeness (QED) is 0.837. The normalized spacial score (nSPS) is 18.7. The number of rotatable bonds is 6. The summed E-state index contributed by atoms with van der Waals surface area (Å²) in [5.74, 6) is -0.485. The van der Waals surface area contributed by atoms with Crippen molar-refractivity contribution in [3.63, 3.8) is 0 Å². The van der Waals surface area contributed by atoms with Gasteiger partial charge in [0, 0.05) is 23.7 Å². The van der Waals surface area contributed by atoms with Crippen molar-refractivity contribution in [3.05, 3.63) is 34.9 Å². The van der Waals surface area contributed by atoms with Gasteiger partial charge in [0.15, 0.2) is 0 Å². The van der Waals surface area contributed by atoms with Gasteiger partial charge in [0.1, 0.15) is 6.04 Å². The lowest BCUT2D eigenvalue weighted by Crippen LogP contribution is -2.50. The Bertz CT molecular complexity index is 539. The molecule has 0 saturated carbocycles. The topological polar surface area (TPSA) is 67.4 Å². The molecule has 23 heavy (non-hydrogen) atoms. The number of halogens is 1. The molecule has 2 N–H and O–H groups in total. The van der Waals surface area contributed by atoms with Crippen LogP contribution in [0.1, 0.15) is 37.0 Å². The minimum atomic E-state index is -0.584. The summed E-state index contributed by atoms with van der Waals surface area (Å²) in [6, 6.07) is 6.00. The molecule has 1 aliphatic heterocycles. The van der Waals surface area contributed by atoms with E-state index in [1.807, 2.05) is 13.8 Å². The van der Waals surface area contributed by atoms with Crippen molar-refractivity contribution < 1.29 is 14.3 Å². The van der Waals surface area contributed by atoms with Crippen LogP contribution in [0.15, 0.2) is 24.3 Å². The van der Waals surface area contributed by atoms with Crippen molar-refractivity contribution in [2.45, 2.75) is 38.8 Å². The molecule has 0 radical (unpaired) electrons. The highest BCUT2D eigenvalue weighted by Gasteiger charge is 2.26. The molecule has 1 fully saturated rings. The zero-order valence-corrected chi connectivity index (χ0v) is 14.2. The molecule has 126 valence electrons. The molecule has 1 aliphatic rings. The fourth-order valence-corrected chi connectivity index (χ4v) is 2.62. The van der Waals surface area contributed by atoms with Crippen LogP contribution in [0, 0.1) is 5.92 Å². The summed E-state index contributed by atoms with van der Waals surface area (Å²) in [4.78, 5) is 24.6. The molecule has 0 bridgehead atoms. The molecule has 5 nitrogen and oxygen atoms in total. The van der Waals surface area contributed by atoms with Crippen LogP contribution in [0.4, 0.5) is 0 Å². The molecule has 2 atom stereocenters. The molecular formula is C17H23ClN2O3. The predicted molar refractivity (Wildman–Crippen MR) is 89.5 cm³/mol. The summed E-state index contributed by atoms with van der Waals surface area (Å²) in [5.41, 5.74) is 0.479. The van der Waals surface area contributed by atoms with E-state index in [0.29, 0.717) is 17.1 Å². The molecule has 1 heterocycles. The number of carbonyl (C=O) groups excluding carboxylic acids is 2. The van der Waals surface area contributed by atoms with E-state index in [-0.39, 0.29) is 23.8 Å². The predicted octanol–water partition coefficient (Wildman–Crippen LogP) is 2.39. The van der Waals surface area contributed by atoms with Gasteiger partial charge in [0.2, 0.25) is 5.91 Å². The average molecular weight is 339 g/mol. The van der Waals surface area contributed by atoms with Crippen molar-refractivity contribution in [2.24, 2.45) is 5.92 Å². The Morgan fingerprint density at radius 1 is 1.30 bits per heavy atom. The number of hydrogen-bond donors (Lipinski definition) is 2. The molecule has 6 heteroatoms. The first-order chi connectivity index (χ1) is 11.0. The number of carbonyl (C=O) groups is 2. The second-order valence-corrected chi connectivity index (χ2v) is 6.52.